The van der Waals surface area contributed by atoms with E-state index in [1.807, 2.05) is 17.0 Å². The molecule has 0 aromatic carbocycles. The van der Waals surface area contributed by atoms with Crippen LogP contribution in [0.5, 0.6) is 0 Å². The van der Waals surface area contributed by atoms with Crippen LogP contribution in [0.3, 0.4) is 0 Å². The number of likely N-dealkylation sites (tertiary alicyclic amines) is 1. The Morgan fingerprint density at radius 3 is 2.79 bits per heavy atom. The maximum Gasteiger partial charge on any atom is 0.222 e. The highest BCUT2D eigenvalue weighted by Crippen LogP contribution is 2.14. The van der Waals surface area contributed by atoms with E-state index in [0.717, 1.165) is 38.2 Å². The minimum Gasteiger partial charge on any atom is -0.468 e. The summed E-state index contributed by atoms with van der Waals surface area (Å²) in [5.41, 5.74) is 0. The fourth-order valence-corrected chi connectivity index (χ4v) is 2.47. The molecule has 1 N–H and O–H groups in total. The number of furan rings is 1. The van der Waals surface area contributed by atoms with Crippen molar-refractivity contribution in [2.24, 2.45) is 5.92 Å². The summed E-state index contributed by atoms with van der Waals surface area (Å²) >= 11 is 0. The SMILES string of the molecule is CC(C)CC(=O)N1CCC(NCc2ccco2)CC1. The number of carbonyl (C=O) groups is 1. The lowest BCUT2D eigenvalue weighted by atomic mass is 10.0. The first-order chi connectivity index (χ1) is 9.15. The van der Waals surface area contributed by atoms with E-state index in [1.165, 1.54) is 0 Å². The minimum atomic E-state index is 0.305. The van der Waals surface area contributed by atoms with E-state index in [-0.39, 0.29) is 0 Å². The second kappa shape index (κ2) is 6.75. The molecule has 2 rings (SSSR count). The average Bonchev–Trinajstić information content (AvgIpc) is 2.89. The van der Waals surface area contributed by atoms with E-state index in [9.17, 15) is 4.79 Å². The molecule has 4 heteroatoms. The molecule has 1 aromatic rings. The van der Waals surface area contributed by atoms with Crippen molar-refractivity contribution in [3.8, 4) is 0 Å². The van der Waals surface area contributed by atoms with E-state index in [2.05, 4.69) is 19.2 Å². The van der Waals surface area contributed by atoms with Gasteiger partial charge in [0.05, 0.1) is 12.8 Å². The zero-order valence-corrected chi connectivity index (χ0v) is 11.9. The van der Waals surface area contributed by atoms with Gasteiger partial charge in [-0.15, -0.1) is 0 Å². The molecular formula is C15H24N2O2. The average molecular weight is 264 g/mol. The summed E-state index contributed by atoms with van der Waals surface area (Å²) < 4.78 is 5.30. The quantitative estimate of drug-likeness (QED) is 0.888. The van der Waals surface area contributed by atoms with Crippen LogP contribution in [0.2, 0.25) is 0 Å². The van der Waals surface area contributed by atoms with Crippen molar-refractivity contribution in [1.29, 1.82) is 0 Å². The molecular weight excluding hydrogens is 240 g/mol. The molecule has 106 valence electrons. The second-order valence-corrected chi connectivity index (χ2v) is 5.71. The summed E-state index contributed by atoms with van der Waals surface area (Å²) in [4.78, 5) is 14.0. The van der Waals surface area contributed by atoms with Crippen molar-refractivity contribution in [3.05, 3.63) is 24.2 Å². The van der Waals surface area contributed by atoms with E-state index >= 15 is 0 Å². The standard InChI is InChI=1S/C15H24N2O2/c1-12(2)10-15(18)17-7-5-13(6-8-17)16-11-14-4-3-9-19-14/h3-4,9,12-13,16H,5-8,10-11H2,1-2H3. The first-order valence-corrected chi connectivity index (χ1v) is 7.18. The lowest BCUT2D eigenvalue weighted by Crippen LogP contribution is -2.44. The molecule has 4 nitrogen and oxygen atoms in total. The lowest BCUT2D eigenvalue weighted by molar-refractivity contribution is -0.133. The van der Waals surface area contributed by atoms with Gasteiger partial charge in [-0.2, -0.15) is 0 Å². The normalized spacial score (nSPS) is 17.1. The second-order valence-electron chi connectivity index (χ2n) is 5.71. The van der Waals surface area contributed by atoms with Gasteiger partial charge in [0.1, 0.15) is 5.76 Å². The Morgan fingerprint density at radius 2 is 2.21 bits per heavy atom. The van der Waals surface area contributed by atoms with Crippen molar-refractivity contribution < 1.29 is 9.21 Å². The minimum absolute atomic E-state index is 0.305. The van der Waals surface area contributed by atoms with Gasteiger partial charge in [0.2, 0.25) is 5.91 Å². The predicted octanol–water partition coefficient (Wildman–Crippen LogP) is 2.41. The molecule has 19 heavy (non-hydrogen) atoms. The van der Waals surface area contributed by atoms with Gasteiger partial charge in [0.25, 0.3) is 0 Å². The Hall–Kier alpha value is -1.29. The third-order valence-electron chi connectivity index (χ3n) is 3.58. The summed E-state index contributed by atoms with van der Waals surface area (Å²) in [6.45, 7) is 6.71. The number of hydrogen-bond acceptors (Lipinski definition) is 3. The van der Waals surface area contributed by atoms with Crippen molar-refractivity contribution in [2.45, 2.75) is 45.7 Å². The monoisotopic (exact) mass is 264 g/mol. The zero-order chi connectivity index (χ0) is 13.7. The third kappa shape index (κ3) is 4.39. The molecule has 0 atom stereocenters. The van der Waals surface area contributed by atoms with Gasteiger partial charge in [-0.25, -0.2) is 0 Å². The van der Waals surface area contributed by atoms with Crippen LogP contribution in [0.1, 0.15) is 38.9 Å². The van der Waals surface area contributed by atoms with Crippen molar-refractivity contribution in [2.75, 3.05) is 13.1 Å². The molecule has 0 saturated carbocycles. The van der Waals surface area contributed by atoms with Crippen LogP contribution in [0, 0.1) is 5.92 Å². The van der Waals surface area contributed by atoms with Crippen molar-refractivity contribution >= 4 is 5.91 Å². The largest absolute Gasteiger partial charge is 0.468 e. The summed E-state index contributed by atoms with van der Waals surface area (Å²) in [5, 5.41) is 3.49. The topological polar surface area (TPSA) is 45.5 Å². The highest BCUT2D eigenvalue weighted by atomic mass is 16.3. The molecule has 1 amide bonds. The van der Waals surface area contributed by atoms with Crippen LogP contribution in [0.4, 0.5) is 0 Å². The molecule has 1 fully saturated rings. The zero-order valence-electron chi connectivity index (χ0n) is 11.9. The van der Waals surface area contributed by atoms with E-state index in [0.29, 0.717) is 24.3 Å². The number of hydrogen-bond donors (Lipinski definition) is 1. The maximum atomic E-state index is 12.0. The smallest absolute Gasteiger partial charge is 0.222 e. The first-order valence-electron chi connectivity index (χ1n) is 7.18. The van der Waals surface area contributed by atoms with E-state index in [1.54, 1.807) is 6.26 Å². The van der Waals surface area contributed by atoms with Crippen LogP contribution in [0.25, 0.3) is 0 Å². The Kier molecular flexibility index (Phi) is 5.02. The molecule has 0 bridgehead atoms. The third-order valence-corrected chi connectivity index (χ3v) is 3.58. The van der Waals surface area contributed by atoms with Gasteiger partial charge in [-0.3, -0.25) is 4.79 Å². The molecule has 2 heterocycles. The molecule has 0 spiro atoms. The first kappa shape index (κ1) is 14.1. The summed E-state index contributed by atoms with van der Waals surface area (Å²) in [7, 11) is 0. The summed E-state index contributed by atoms with van der Waals surface area (Å²) in [6, 6.07) is 4.38. The van der Waals surface area contributed by atoms with Gasteiger partial charge >= 0.3 is 0 Å². The van der Waals surface area contributed by atoms with Crippen molar-refractivity contribution in [1.82, 2.24) is 10.2 Å². The summed E-state index contributed by atoms with van der Waals surface area (Å²) in [6.07, 6.45) is 4.43. The molecule has 0 radical (unpaired) electrons. The molecule has 0 aliphatic carbocycles. The van der Waals surface area contributed by atoms with Crippen LogP contribution in [-0.2, 0) is 11.3 Å². The molecule has 1 aromatic heterocycles. The van der Waals surface area contributed by atoms with Gasteiger partial charge in [-0.1, -0.05) is 13.8 Å². The van der Waals surface area contributed by atoms with Crippen LogP contribution in [0.15, 0.2) is 22.8 Å². The molecule has 1 aliphatic rings. The number of rotatable bonds is 5. The van der Waals surface area contributed by atoms with E-state index < -0.39 is 0 Å². The number of nitrogens with zero attached hydrogens (tertiary/aromatic N) is 1. The lowest BCUT2D eigenvalue weighted by Gasteiger charge is -2.32. The summed E-state index contributed by atoms with van der Waals surface area (Å²) in [5.74, 6) is 1.72. The van der Waals surface area contributed by atoms with E-state index in [4.69, 9.17) is 4.42 Å². The maximum absolute atomic E-state index is 12.0. The fraction of sp³-hybridized carbons (Fsp3) is 0.667. The predicted molar refractivity (Wildman–Crippen MR) is 74.6 cm³/mol. The Labute approximate surface area is 115 Å². The van der Waals surface area contributed by atoms with Crippen LogP contribution in [-0.4, -0.2) is 29.9 Å². The molecule has 0 unspecified atom stereocenters. The van der Waals surface area contributed by atoms with Gasteiger partial charge in [-0.05, 0) is 30.9 Å². The number of piperidine rings is 1. The number of amides is 1. The Bertz CT molecular complexity index is 379. The highest BCUT2D eigenvalue weighted by molar-refractivity contribution is 5.76. The Morgan fingerprint density at radius 1 is 1.47 bits per heavy atom. The molecule has 1 saturated heterocycles. The van der Waals surface area contributed by atoms with Gasteiger partial charge in [0, 0.05) is 25.6 Å². The number of carbonyl (C=O) groups excluding carboxylic acids is 1. The van der Waals surface area contributed by atoms with Crippen molar-refractivity contribution in [3.63, 3.8) is 0 Å². The fourth-order valence-electron chi connectivity index (χ4n) is 2.47. The van der Waals surface area contributed by atoms with Gasteiger partial charge < -0.3 is 14.6 Å². The van der Waals surface area contributed by atoms with Crippen LogP contribution < -0.4 is 5.32 Å². The highest BCUT2D eigenvalue weighted by Gasteiger charge is 2.22. The van der Waals surface area contributed by atoms with Gasteiger partial charge in [0.15, 0.2) is 0 Å². The van der Waals surface area contributed by atoms with Crippen LogP contribution >= 0.6 is 0 Å². The number of nitrogens with one attached hydrogen (secondary N) is 1. The molecule has 1 aliphatic heterocycles. The Balaban J connectivity index is 1.69.